The lowest BCUT2D eigenvalue weighted by atomic mass is 10.3. The lowest BCUT2D eigenvalue weighted by Gasteiger charge is -2.11. The molecule has 1 heterocycles. The molecule has 3 nitrogen and oxygen atoms in total. The summed E-state index contributed by atoms with van der Waals surface area (Å²) in [6, 6.07) is 3.79. The normalized spacial score (nSPS) is 10.7. The van der Waals surface area contributed by atoms with Crippen LogP contribution in [0.3, 0.4) is 0 Å². The molecule has 2 rings (SSSR count). The van der Waals surface area contributed by atoms with E-state index in [9.17, 15) is 9.18 Å². The smallest absolute Gasteiger partial charge is 0.352 e. The summed E-state index contributed by atoms with van der Waals surface area (Å²) in [4.78, 5) is 11.1. The van der Waals surface area contributed by atoms with E-state index in [2.05, 4.69) is 31.9 Å². The van der Waals surface area contributed by atoms with E-state index in [4.69, 9.17) is 16.7 Å². The zero-order chi connectivity index (χ0) is 13.4. The molecule has 7 heteroatoms. The summed E-state index contributed by atoms with van der Waals surface area (Å²) < 4.78 is 15.5. The standard InChI is InChI=1S/C11H5Br2ClFNO2/c12-5-1-9(11(17)18)16(4-5)10-7(13)2-6(15)3-8(10)14/h1-4H,(H,17,18). The van der Waals surface area contributed by atoms with Crippen LogP contribution in [0.25, 0.3) is 5.69 Å². The molecule has 0 aliphatic heterocycles. The molecule has 1 aromatic carbocycles. The monoisotopic (exact) mass is 395 g/mol. The number of halogens is 4. The number of rotatable bonds is 2. The van der Waals surface area contributed by atoms with Crippen LogP contribution in [0.1, 0.15) is 10.5 Å². The van der Waals surface area contributed by atoms with Crippen molar-refractivity contribution in [2.45, 2.75) is 0 Å². The van der Waals surface area contributed by atoms with Gasteiger partial charge in [-0.1, -0.05) is 11.6 Å². The molecule has 0 saturated carbocycles. The minimum Gasteiger partial charge on any atom is -0.477 e. The average molecular weight is 397 g/mol. The summed E-state index contributed by atoms with van der Waals surface area (Å²) >= 11 is 12.3. The van der Waals surface area contributed by atoms with Crippen LogP contribution in [0.15, 0.2) is 33.3 Å². The average Bonchev–Trinajstić information content (AvgIpc) is 2.58. The van der Waals surface area contributed by atoms with Crippen LogP contribution in [0, 0.1) is 5.82 Å². The molecule has 0 saturated heterocycles. The van der Waals surface area contributed by atoms with Gasteiger partial charge in [-0.25, -0.2) is 9.18 Å². The van der Waals surface area contributed by atoms with E-state index in [0.29, 0.717) is 14.6 Å². The molecule has 1 aromatic heterocycles. The SMILES string of the molecule is O=C(O)c1cc(Br)cn1-c1c(Cl)cc(F)cc1Br. The van der Waals surface area contributed by atoms with Gasteiger partial charge >= 0.3 is 5.97 Å². The topological polar surface area (TPSA) is 42.2 Å². The molecular formula is C11H5Br2ClFNO2. The van der Waals surface area contributed by atoms with Gasteiger partial charge in [-0.2, -0.15) is 0 Å². The van der Waals surface area contributed by atoms with E-state index >= 15 is 0 Å². The molecule has 0 unspecified atom stereocenters. The van der Waals surface area contributed by atoms with Gasteiger partial charge in [0.1, 0.15) is 11.5 Å². The first-order valence-electron chi connectivity index (χ1n) is 4.66. The second-order valence-corrected chi connectivity index (χ2v) is 5.61. The van der Waals surface area contributed by atoms with E-state index in [0.717, 1.165) is 6.07 Å². The molecule has 2 aromatic rings. The number of hydrogen-bond donors (Lipinski definition) is 1. The van der Waals surface area contributed by atoms with Gasteiger partial charge in [0, 0.05) is 15.1 Å². The van der Waals surface area contributed by atoms with Crippen LogP contribution < -0.4 is 0 Å². The summed E-state index contributed by atoms with van der Waals surface area (Å²) in [7, 11) is 0. The number of carboxylic acids is 1. The van der Waals surface area contributed by atoms with Gasteiger partial charge < -0.3 is 9.67 Å². The fourth-order valence-corrected chi connectivity index (χ4v) is 3.00. The first-order chi connectivity index (χ1) is 8.40. The van der Waals surface area contributed by atoms with Crippen molar-refractivity contribution in [3.63, 3.8) is 0 Å². The Morgan fingerprint density at radius 3 is 2.56 bits per heavy atom. The number of nitrogens with zero attached hydrogens (tertiary/aromatic N) is 1. The van der Waals surface area contributed by atoms with Crippen molar-refractivity contribution in [1.29, 1.82) is 0 Å². The first kappa shape index (κ1) is 13.6. The predicted molar refractivity (Wildman–Crippen MR) is 73.1 cm³/mol. The number of aromatic carboxylic acids is 1. The largest absolute Gasteiger partial charge is 0.477 e. The highest BCUT2D eigenvalue weighted by atomic mass is 79.9. The quantitative estimate of drug-likeness (QED) is 0.811. The first-order valence-corrected chi connectivity index (χ1v) is 6.62. The van der Waals surface area contributed by atoms with Crippen molar-refractivity contribution in [3.8, 4) is 5.69 Å². The third kappa shape index (κ3) is 2.46. The number of aromatic nitrogens is 1. The Hall–Kier alpha value is -0.850. The molecule has 0 aliphatic carbocycles. The molecule has 1 N–H and O–H groups in total. The molecular weight excluding hydrogens is 392 g/mol. The van der Waals surface area contributed by atoms with Crippen molar-refractivity contribution >= 4 is 49.4 Å². The van der Waals surface area contributed by atoms with Gasteiger partial charge in [-0.3, -0.25) is 0 Å². The van der Waals surface area contributed by atoms with Gasteiger partial charge in [0.05, 0.1) is 10.7 Å². The van der Waals surface area contributed by atoms with Gasteiger partial charge in [-0.15, -0.1) is 0 Å². The molecule has 18 heavy (non-hydrogen) atoms. The minimum atomic E-state index is -1.10. The Balaban J connectivity index is 2.73. The Morgan fingerprint density at radius 2 is 2.00 bits per heavy atom. The summed E-state index contributed by atoms with van der Waals surface area (Å²) in [6.07, 6.45) is 1.55. The summed E-state index contributed by atoms with van der Waals surface area (Å²) in [5, 5.41) is 9.22. The van der Waals surface area contributed by atoms with Crippen LogP contribution in [0.2, 0.25) is 5.02 Å². The van der Waals surface area contributed by atoms with Crippen molar-refractivity contribution in [1.82, 2.24) is 4.57 Å². The Labute approximate surface area is 123 Å². The van der Waals surface area contributed by atoms with Crippen molar-refractivity contribution in [2.75, 3.05) is 0 Å². The van der Waals surface area contributed by atoms with E-state index in [1.807, 2.05) is 0 Å². The van der Waals surface area contributed by atoms with Crippen LogP contribution in [-0.4, -0.2) is 15.6 Å². The number of hydrogen-bond acceptors (Lipinski definition) is 1. The van der Waals surface area contributed by atoms with E-state index < -0.39 is 11.8 Å². The van der Waals surface area contributed by atoms with Crippen LogP contribution in [0.5, 0.6) is 0 Å². The molecule has 0 atom stereocenters. The predicted octanol–water partition coefficient (Wildman–Crippen LogP) is 4.49. The second kappa shape index (κ2) is 5.03. The van der Waals surface area contributed by atoms with Crippen LogP contribution >= 0.6 is 43.5 Å². The van der Waals surface area contributed by atoms with Gasteiger partial charge in [0.15, 0.2) is 0 Å². The molecule has 94 valence electrons. The fraction of sp³-hybridized carbons (Fsp3) is 0. The van der Waals surface area contributed by atoms with Crippen molar-refractivity contribution in [3.05, 3.63) is 49.9 Å². The highest BCUT2D eigenvalue weighted by Crippen LogP contribution is 2.32. The lowest BCUT2D eigenvalue weighted by Crippen LogP contribution is -2.07. The lowest BCUT2D eigenvalue weighted by molar-refractivity contribution is 0.0688. The second-order valence-electron chi connectivity index (χ2n) is 3.44. The van der Waals surface area contributed by atoms with Gasteiger partial charge in [-0.05, 0) is 50.1 Å². The fourth-order valence-electron chi connectivity index (χ4n) is 1.54. The van der Waals surface area contributed by atoms with E-state index in [-0.39, 0.29) is 10.7 Å². The Kier molecular flexibility index (Phi) is 3.79. The van der Waals surface area contributed by atoms with Gasteiger partial charge in [0.25, 0.3) is 0 Å². The molecule has 0 amide bonds. The maximum Gasteiger partial charge on any atom is 0.352 e. The highest BCUT2D eigenvalue weighted by molar-refractivity contribution is 9.10. The van der Waals surface area contributed by atoms with E-state index in [1.165, 1.54) is 16.7 Å². The third-order valence-electron chi connectivity index (χ3n) is 2.23. The summed E-state index contributed by atoms with van der Waals surface area (Å²) in [5.41, 5.74) is 0.400. The number of carboxylic acid groups (broad SMARTS) is 1. The molecule has 0 spiro atoms. The summed E-state index contributed by atoms with van der Waals surface area (Å²) in [5.74, 6) is -1.60. The van der Waals surface area contributed by atoms with Crippen molar-refractivity contribution < 1.29 is 14.3 Å². The summed E-state index contributed by atoms with van der Waals surface area (Å²) in [6.45, 7) is 0. The minimum absolute atomic E-state index is 0.0242. The zero-order valence-electron chi connectivity index (χ0n) is 8.62. The zero-order valence-corrected chi connectivity index (χ0v) is 12.6. The molecule has 0 bridgehead atoms. The Bertz CT molecular complexity index is 619. The Morgan fingerprint density at radius 1 is 1.33 bits per heavy atom. The number of carbonyl (C=O) groups is 1. The molecule has 0 fully saturated rings. The maximum absolute atomic E-state index is 13.1. The third-order valence-corrected chi connectivity index (χ3v) is 3.55. The molecule has 0 radical (unpaired) electrons. The van der Waals surface area contributed by atoms with E-state index in [1.54, 1.807) is 6.20 Å². The maximum atomic E-state index is 13.1. The molecule has 0 aliphatic rings. The van der Waals surface area contributed by atoms with Gasteiger partial charge in [0.2, 0.25) is 0 Å². The highest BCUT2D eigenvalue weighted by Gasteiger charge is 2.18. The van der Waals surface area contributed by atoms with Crippen molar-refractivity contribution in [2.24, 2.45) is 0 Å². The van der Waals surface area contributed by atoms with Crippen LogP contribution in [-0.2, 0) is 0 Å². The van der Waals surface area contributed by atoms with Crippen LogP contribution in [0.4, 0.5) is 4.39 Å². The number of benzene rings is 1.